The molecule has 0 amide bonds. The van der Waals surface area contributed by atoms with Crippen LogP contribution < -0.4 is 16.4 Å². The topological polar surface area (TPSA) is 59.2 Å². The smallest absolute Gasteiger partial charge is 0.408 e. The predicted octanol–water partition coefficient (Wildman–Crippen LogP) is 1.22. The molecule has 0 aliphatic heterocycles. The van der Waals surface area contributed by atoms with Crippen LogP contribution in [0.1, 0.15) is 18.4 Å². The second-order valence-electron chi connectivity index (χ2n) is 4.72. The normalized spacial score (nSPS) is 11.3. The third kappa shape index (κ3) is 3.45. The molecule has 2 aromatic rings. The van der Waals surface area contributed by atoms with Crippen molar-refractivity contribution in [3.8, 4) is 0 Å². The Balaban J connectivity index is 1.89. The van der Waals surface area contributed by atoms with Crippen molar-refractivity contribution in [2.45, 2.75) is 19.4 Å². The van der Waals surface area contributed by atoms with Crippen molar-refractivity contribution < 1.29 is 4.42 Å². The minimum Gasteiger partial charge on any atom is -0.408 e. The fraction of sp³-hybridized carbons (Fsp3) is 0.500. The molecule has 2 N–H and O–H groups in total. The van der Waals surface area contributed by atoms with Gasteiger partial charge in [0, 0.05) is 13.6 Å². The van der Waals surface area contributed by atoms with Crippen LogP contribution in [0.2, 0.25) is 0 Å². The monoisotopic (exact) mass is 263 g/mol. The van der Waals surface area contributed by atoms with Gasteiger partial charge in [0.05, 0.1) is 5.52 Å². The van der Waals surface area contributed by atoms with E-state index in [4.69, 9.17) is 4.42 Å². The van der Waals surface area contributed by atoms with Gasteiger partial charge in [-0.05, 0) is 50.7 Å². The van der Waals surface area contributed by atoms with Gasteiger partial charge >= 0.3 is 5.76 Å². The molecule has 1 heterocycles. The molecule has 1 aromatic heterocycles. The molecule has 2 rings (SSSR count). The Kier molecular flexibility index (Phi) is 4.76. The number of hydrogen-bond acceptors (Lipinski definition) is 4. The van der Waals surface area contributed by atoms with E-state index in [-0.39, 0.29) is 5.76 Å². The van der Waals surface area contributed by atoms with Crippen LogP contribution in [0.15, 0.2) is 27.4 Å². The summed E-state index contributed by atoms with van der Waals surface area (Å²) >= 11 is 0. The summed E-state index contributed by atoms with van der Waals surface area (Å²) in [6.45, 7) is 2.86. The maximum Gasteiger partial charge on any atom is 0.419 e. The summed E-state index contributed by atoms with van der Waals surface area (Å²) in [5, 5.41) is 6.52. The number of aryl methyl sites for hydroxylation is 1. The predicted molar refractivity (Wildman–Crippen MR) is 76.3 cm³/mol. The second-order valence-corrected chi connectivity index (χ2v) is 4.72. The first-order valence-electron chi connectivity index (χ1n) is 6.66. The minimum atomic E-state index is -0.313. The molecule has 104 valence electrons. The fourth-order valence-electron chi connectivity index (χ4n) is 2.07. The lowest BCUT2D eigenvalue weighted by Gasteiger charge is -2.05. The van der Waals surface area contributed by atoms with Crippen LogP contribution in [-0.2, 0) is 13.6 Å². The Morgan fingerprint density at radius 3 is 2.84 bits per heavy atom. The highest BCUT2D eigenvalue weighted by molar-refractivity contribution is 5.73. The number of nitrogens with zero attached hydrogens (tertiary/aromatic N) is 1. The van der Waals surface area contributed by atoms with E-state index in [1.54, 1.807) is 7.05 Å². The molecule has 1 aromatic carbocycles. The van der Waals surface area contributed by atoms with Gasteiger partial charge < -0.3 is 15.1 Å². The number of aromatic nitrogens is 1. The third-order valence-corrected chi connectivity index (χ3v) is 3.22. The highest BCUT2D eigenvalue weighted by atomic mass is 16.4. The Morgan fingerprint density at radius 2 is 2.05 bits per heavy atom. The highest BCUT2D eigenvalue weighted by Gasteiger charge is 2.05. The average molecular weight is 263 g/mol. The second kappa shape index (κ2) is 6.54. The summed E-state index contributed by atoms with van der Waals surface area (Å²) in [6.07, 6.45) is 2.33. The van der Waals surface area contributed by atoms with E-state index in [0.29, 0.717) is 5.58 Å². The van der Waals surface area contributed by atoms with Crippen LogP contribution in [0.25, 0.3) is 11.1 Å². The Hall–Kier alpha value is -1.59. The van der Waals surface area contributed by atoms with Gasteiger partial charge in [-0.15, -0.1) is 0 Å². The van der Waals surface area contributed by atoms with Crippen LogP contribution in [-0.4, -0.2) is 24.7 Å². The van der Waals surface area contributed by atoms with Crippen LogP contribution >= 0.6 is 0 Å². The van der Waals surface area contributed by atoms with Gasteiger partial charge in [0.1, 0.15) is 0 Å². The van der Waals surface area contributed by atoms with Crippen molar-refractivity contribution in [2.24, 2.45) is 7.05 Å². The van der Waals surface area contributed by atoms with Crippen molar-refractivity contribution in [2.75, 3.05) is 20.1 Å². The van der Waals surface area contributed by atoms with E-state index in [0.717, 1.165) is 37.1 Å². The number of hydrogen-bond donors (Lipinski definition) is 2. The lowest BCUT2D eigenvalue weighted by Crippen LogP contribution is -2.16. The summed E-state index contributed by atoms with van der Waals surface area (Å²) in [5.74, 6) is -0.313. The summed E-state index contributed by atoms with van der Waals surface area (Å²) in [4.78, 5) is 11.4. The lowest BCUT2D eigenvalue weighted by molar-refractivity contribution is 0.527. The van der Waals surface area contributed by atoms with Gasteiger partial charge in [0.2, 0.25) is 0 Å². The van der Waals surface area contributed by atoms with E-state index < -0.39 is 0 Å². The maximum absolute atomic E-state index is 11.4. The summed E-state index contributed by atoms with van der Waals surface area (Å²) in [7, 11) is 3.68. The van der Waals surface area contributed by atoms with Crippen LogP contribution in [0.4, 0.5) is 0 Å². The molecule has 0 saturated heterocycles. The standard InChI is InChI=1S/C14H21N3O2/c1-15-7-3-4-8-16-10-11-5-6-12-13(9-11)19-14(18)17(12)2/h5-6,9,15-16H,3-4,7-8,10H2,1-2H3. The molecule has 0 saturated carbocycles. The maximum atomic E-state index is 11.4. The number of oxazole rings is 1. The zero-order valence-corrected chi connectivity index (χ0v) is 11.5. The van der Waals surface area contributed by atoms with Gasteiger partial charge in [-0.1, -0.05) is 6.07 Å². The molecule has 0 fully saturated rings. The van der Waals surface area contributed by atoms with Crippen molar-refractivity contribution in [1.29, 1.82) is 0 Å². The molecule has 0 atom stereocenters. The zero-order valence-electron chi connectivity index (χ0n) is 11.5. The first-order chi connectivity index (χ1) is 9.22. The molecular weight excluding hydrogens is 242 g/mol. The van der Waals surface area contributed by atoms with E-state index in [1.807, 2.05) is 25.2 Å². The molecule has 0 unspecified atom stereocenters. The molecule has 0 aliphatic carbocycles. The summed E-state index contributed by atoms with van der Waals surface area (Å²) < 4.78 is 6.69. The quantitative estimate of drug-likeness (QED) is 0.737. The Morgan fingerprint density at radius 1 is 1.26 bits per heavy atom. The third-order valence-electron chi connectivity index (χ3n) is 3.22. The summed E-state index contributed by atoms with van der Waals surface area (Å²) in [6, 6.07) is 5.88. The average Bonchev–Trinajstić information content (AvgIpc) is 2.69. The number of benzene rings is 1. The summed E-state index contributed by atoms with van der Waals surface area (Å²) in [5.41, 5.74) is 2.63. The fourth-order valence-corrected chi connectivity index (χ4v) is 2.07. The van der Waals surface area contributed by atoms with E-state index in [9.17, 15) is 4.79 Å². The molecule has 19 heavy (non-hydrogen) atoms. The molecule has 0 bridgehead atoms. The Labute approximate surface area is 112 Å². The number of fused-ring (bicyclic) bond motifs is 1. The zero-order chi connectivity index (χ0) is 13.7. The number of unbranched alkanes of at least 4 members (excludes halogenated alkanes) is 1. The van der Waals surface area contributed by atoms with Crippen LogP contribution in [0.5, 0.6) is 0 Å². The number of nitrogens with one attached hydrogen (secondary N) is 2. The van der Waals surface area contributed by atoms with Gasteiger partial charge in [0.15, 0.2) is 5.58 Å². The van der Waals surface area contributed by atoms with Crippen molar-refractivity contribution in [3.05, 3.63) is 34.3 Å². The first kappa shape index (κ1) is 13.8. The minimum absolute atomic E-state index is 0.313. The molecule has 5 heteroatoms. The largest absolute Gasteiger partial charge is 0.419 e. The van der Waals surface area contributed by atoms with Gasteiger partial charge in [-0.2, -0.15) is 0 Å². The van der Waals surface area contributed by atoms with Gasteiger partial charge in [0.25, 0.3) is 0 Å². The van der Waals surface area contributed by atoms with E-state index in [1.165, 1.54) is 11.0 Å². The lowest BCUT2D eigenvalue weighted by atomic mass is 10.2. The first-order valence-corrected chi connectivity index (χ1v) is 6.66. The highest BCUT2D eigenvalue weighted by Crippen LogP contribution is 2.14. The number of rotatable bonds is 7. The molecule has 0 radical (unpaired) electrons. The van der Waals surface area contributed by atoms with Crippen molar-refractivity contribution in [1.82, 2.24) is 15.2 Å². The molecule has 0 aliphatic rings. The van der Waals surface area contributed by atoms with Crippen LogP contribution in [0, 0.1) is 0 Å². The molecule has 5 nitrogen and oxygen atoms in total. The van der Waals surface area contributed by atoms with Gasteiger partial charge in [-0.3, -0.25) is 4.57 Å². The van der Waals surface area contributed by atoms with Crippen LogP contribution in [0.3, 0.4) is 0 Å². The Bertz CT molecular complexity index is 586. The van der Waals surface area contributed by atoms with Crippen molar-refractivity contribution >= 4 is 11.1 Å². The van der Waals surface area contributed by atoms with Gasteiger partial charge in [-0.25, -0.2) is 4.79 Å². The van der Waals surface area contributed by atoms with Crippen molar-refractivity contribution in [3.63, 3.8) is 0 Å². The molecular formula is C14H21N3O2. The molecule has 0 spiro atoms. The SMILES string of the molecule is CNCCCCNCc1ccc2c(c1)oc(=O)n2C. The van der Waals surface area contributed by atoms with E-state index >= 15 is 0 Å². The van der Waals surface area contributed by atoms with E-state index in [2.05, 4.69) is 10.6 Å².